The van der Waals surface area contributed by atoms with Crippen LogP contribution in [0.2, 0.25) is 5.02 Å². The molecule has 0 spiro atoms. The predicted octanol–water partition coefficient (Wildman–Crippen LogP) is 3.61. The van der Waals surface area contributed by atoms with Gasteiger partial charge in [0.15, 0.2) is 28.7 Å². The molecule has 0 aliphatic rings. The van der Waals surface area contributed by atoms with E-state index in [-0.39, 0.29) is 33.5 Å². The molecule has 0 unspecified atom stereocenters. The first-order valence-electron chi connectivity index (χ1n) is 7.92. The highest BCUT2D eigenvalue weighted by Crippen LogP contribution is 2.35. The molecule has 0 amide bonds. The molecule has 0 atom stereocenters. The zero-order valence-electron chi connectivity index (χ0n) is 15.4. The molecular weight excluding hydrogens is 393 g/mol. The number of methoxy groups -OCH3 is 3. The quantitative estimate of drug-likeness (QED) is 0.612. The highest BCUT2D eigenvalue weighted by atomic mass is 35.5. The fraction of sp³-hybridized carbons (Fsp3) is 0.222. The molecule has 3 aromatic rings. The molecular formula is C18H15ClFN3O5. The summed E-state index contributed by atoms with van der Waals surface area (Å²) >= 11 is 5.93. The van der Waals surface area contributed by atoms with Crippen molar-refractivity contribution in [3.63, 3.8) is 0 Å². The van der Waals surface area contributed by atoms with E-state index in [1.165, 1.54) is 39.7 Å². The van der Waals surface area contributed by atoms with E-state index in [0.29, 0.717) is 10.9 Å². The van der Waals surface area contributed by atoms with Crippen LogP contribution in [0.4, 0.5) is 9.18 Å². The number of nitrogens with zero attached hydrogens (tertiary/aromatic N) is 3. The number of hydrogen-bond acceptors (Lipinski definition) is 7. The molecule has 2 aromatic heterocycles. The van der Waals surface area contributed by atoms with E-state index in [1.54, 1.807) is 6.92 Å². The van der Waals surface area contributed by atoms with Crippen LogP contribution in [-0.2, 0) is 9.47 Å². The first-order chi connectivity index (χ1) is 13.3. The number of aryl methyl sites for hydroxylation is 1. The lowest BCUT2D eigenvalue weighted by atomic mass is 10.1. The molecule has 1 aromatic carbocycles. The number of benzene rings is 1. The zero-order valence-corrected chi connectivity index (χ0v) is 16.1. The average molecular weight is 408 g/mol. The van der Waals surface area contributed by atoms with E-state index < -0.39 is 17.9 Å². The van der Waals surface area contributed by atoms with Gasteiger partial charge in [-0.25, -0.2) is 28.5 Å². The van der Waals surface area contributed by atoms with Crippen LogP contribution in [0.25, 0.3) is 22.4 Å². The van der Waals surface area contributed by atoms with Crippen molar-refractivity contribution in [2.24, 2.45) is 0 Å². The number of hydrogen-bond donors (Lipinski definition) is 0. The molecule has 0 aliphatic heterocycles. The molecule has 0 saturated carbocycles. The predicted molar refractivity (Wildman–Crippen MR) is 98.4 cm³/mol. The minimum absolute atomic E-state index is 0.0619. The van der Waals surface area contributed by atoms with E-state index in [2.05, 4.69) is 9.97 Å². The number of carbonyl (C=O) groups excluding carboxylic acids is 2. The van der Waals surface area contributed by atoms with Gasteiger partial charge in [-0.15, -0.1) is 0 Å². The molecule has 2 heterocycles. The van der Waals surface area contributed by atoms with Gasteiger partial charge in [-0.1, -0.05) is 11.6 Å². The normalized spacial score (nSPS) is 10.8. The molecule has 8 nitrogen and oxygen atoms in total. The number of halogens is 2. The average Bonchev–Trinajstić information content (AvgIpc) is 3.03. The molecule has 146 valence electrons. The molecule has 0 radical (unpaired) electrons. The molecule has 3 rings (SSSR count). The largest absolute Gasteiger partial charge is 0.492 e. The summed E-state index contributed by atoms with van der Waals surface area (Å²) in [5, 5.41) is 0.356. The van der Waals surface area contributed by atoms with Gasteiger partial charge in [0.05, 0.1) is 37.3 Å². The highest BCUT2D eigenvalue weighted by molar-refractivity contribution is 6.32. The van der Waals surface area contributed by atoms with E-state index in [4.69, 9.17) is 25.8 Å². The lowest BCUT2D eigenvalue weighted by molar-refractivity contribution is 0.0596. The summed E-state index contributed by atoms with van der Waals surface area (Å²) in [5.41, 5.74) is 0.434. The van der Waals surface area contributed by atoms with Crippen molar-refractivity contribution < 1.29 is 28.2 Å². The number of aromatic nitrogens is 3. The Morgan fingerprint density at radius 1 is 1.14 bits per heavy atom. The van der Waals surface area contributed by atoms with Crippen molar-refractivity contribution in [2.75, 3.05) is 21.3 Å². The topological polar surface area (TPSA) is 92.5 Å². The maximum Gasteiger partial charge on any atom is 0.419 e. The Morgan fingerprint density at radius 2 is 1.86 bits per heavy atom. The van der Waals surface area contributed by atoms with Crippen LogP contribution < -0.4 is 4.74 Å². The second-order valence-corrected chi connectivity index (χ2v) is 6.09. The summed E-state index contributed by atoms with van der Waals surface area (Å²) in [4.78, 5) is 32.9. The Kier molecular flexibility index (Phi) is 5.19. The van der Waals surface area contributed by atoms with Gasteiger partial charge in [-0.05, 0) is 24.6 Å². The van der Waals surface area contributed by atoms with Crippen molar-refractivity contribution in [3.8, 4) is 17.1 Å². The Bertz CT molecular complexity index is 1110. The minimum atomic E-state index is -0.807. The van der Waals surface area contributed by atoms with Gasteiger partial charge < -0.3 is 14.2 Å². The van der Waals surface area contributed by atoms with E-state index in [1.807, 2.05) is 0 Å². The van der Waals surface area contributed by atoms with E-state index in [0.717, 1.165) is 4.57 Å². The van der Waals surface area contributed by atoms with Gasteiger partial charge >= 0.3 is 12.1 Å². The summed E-state index contributed by atoms with van der Waals surface area (Å²) in [5.74, 6) is -1.91. The third kappa shape index (κ3) is 3.03. The van der Waals surface area contributed by atoms with Crippen molar-refractivity contribution in [3.05, 3.63) is 40.4 Å². The first kappa shape index (κ1) is 19.6. The molecule has 0 aliphatic carbocycles. The first-order valence-corrected chi connectivity index (χ1v) is 8.30. The van der Waals surface area contributed by atoms with Gasteiger partial charge in [0.25, 0.3) is 0 Å². The van der Waals surface area contributed by atoms with Crippen molar-refractivity contribution in [1.29, 1.82) is 0 Å². The minimum Gasteiger partial charge on any atom is -0.492 e. The molecule has 0 saturated heterocycles. The van der Waals surface area contributed by atoms with Crippen LogP contribution in [0.5, 0.6) is 5.75 Å². The fourth-order valence-corrected chi connectivity index (χ4v) is 3.02. The zero-order chi connectivity index (χ0) is 20.6. The Morgan fingerprint density at radius 3 is 2.46 bits per heavy atom. The van der Waals surface area contributed by atoms with E-state index in [9.17, 15) is 14.0 Å². The van der Waals surface area contributed by atoms with Crippen LogP contribution in [0.15, 0.2) is 18.3 Å². The molecule has 10 heteroatoms. The standard InChI is InChI=1S/C18H15ClFN3O5/c1-8-7-23(18(25)28-4)16-11(8)13(17(24)27-3)21-15(22-16)9-5-6-10(19)14(26-2)12(9)20/h5-7H,1-4H3. The summed E-state index contributed by atoms with van der Waals surface area (Å²) in [6, 6.07) is 2.76. The second-order valence-electron chi connectivity index (χ2n) is 5.68. The summed E-state index contributed by atoms with van der Waals surface area (Å²) in [7, 11) is 3.66. The maximum atomic E-state index is 14.9. The van der Waals surface area contributed by atoms with Gasteiger partial charge in [-0.2, -0.15) is 0 Å². The third-order valence-electron chi connectivity index (χ3n) is 4.08. The summed E-state index contributed by atoms with van der Waals surface area (Å²) in [6.07, 6.45) is 0.716. The van der Waals surface area contributed by atoms with Crippen LogP contribution in [0.3, 0.4) is 0 Å². The number of carbonyl (C=O) groups is 2. The lowest BCUT2D eigenvalue weighted by Gasteiger charge is -2.10. The van der Waals surface area contributed by atoms with Crippen molar-refractivity contribution >= 4 is 34.7 Å². The smallest absolute Gasteiger partial charge is 0.419 e. The lowest BCUT2D eigenvalue weighted by Crippen LogP contribution is -2.13. The van der Waals surface area contributed by atoms with Crippen LogP contribution in [0, 0.1) is 12.7 Å². The van der Waals surface area contributed by atoms with Gasteiger partial charge in [-0.3, -0.25) is 0 Å². The monoisotopic (exact) mass is 407 g/mol. The summed E-state index contributed by atoms with van der Waals surface area (Å²) in [6.45, 7) is 1.67. The SMILES string of the molecule is COC(=O)c1nc(-c2ccc(Cl)c(OC)c2F)nc2c1c(C)cn2C(=O)OC. The molecule has 0 N–H and O–H groups in total. The highest BCUT2D eigenvalue weighted by Gasteiger charge is 2.25. The van der Waals surface area contributed by atoms with Crippen molar-refractivity contribution in [2.45, 2.75) is 6.92 Å². The molecule has 0 bridgehead atoms. The Hall–Kier alpha value is -3.20. The number of ether oxygens (including phenoxy) is 3. The Labute approximate surface area is 163 Å². The van der Waals surface area contributed by atoms with Gasteiger partial charge in [0.1, 0.15) is 0 Å². The van der Waals surface area contributed by atoms with Crippen LogP contribution in [0.1, 0.15) is 16.1 Å². The third-order valence-corrected chi connectivity index (χ3v) is 4.38. The van der Waals surface area contributed by atoms with Crippen molar-refractivity contribution in [1.82, 2.24) is 14.5 Å². The molecule has 28 heavy (non-hydrogen) atoms. The molecule has 0 fully saturated rings. The Balaban J connectivity index is 2.40. The van der Waals surface area contributed by atoms with E-state index >= 15 is 0 Å². The number of rotatable bonds is 3. The maximum absolute atomic E-state index is 14.9. The van der Waals surface area contributed by atoms with Gasteiger partial charge in [0, 0.05) is 6.20 Å². The van der Waals surface area contributed by atoms with Crippen LogP contribution >= 0.6 is 11.6 Å². The van der Waals surface area contributed by atoms with Crippen LogP contribution in [-0.4, -0.2) is 47.9 Å². The number of fused-ring (bicyclic) bond motifs is 1. The van der Waals surface area contributed by atoms with Gasteiger partial charge in [0.2, 0.25) is 0 Å². The summed E-state index contributed by atoms with van der Waals surface area (Å²) < 4.78 is 30.5. The number of esters is 1. The second kappa shape index (κ2) is 7.43. The fourth-order valence-electron chi connectivity index (χ4n) is 2.80.